The van der Waals surface area contributed by atoms with Gasteiger partial charge in [-0.05, 0) is 36.5 Å². The van der Waals surface area contributed by atoms with E-state index in [9.17, 15) is 4.79 Å². The summed E-state index contributed by atoms with van der Waals surface area (Å²) in [5.41, 5.74) is 0.0956. The highest BCUT2D eigenvalue weighted by atomic mass is 16.6. The number of carbonyl (C=O) groups excluding carboxylic acids is 1. The van der Waals surface area contributed by atoms with Crippen LogP contribution in [-0.2, 0) is 14.3 Å². The van der Waals surface area contributed by atoms with Gasteiger partial charge in [0.1, 0.15) is 6.61 Å². The van der Waals surface area contributed by atoms with Crippen molar-refractivity contribution in [3.8, 4) is 0 Å². The summed E-state index contributed by atoms with van der Waals surface area (Å²) in [7, 11) is 0. The van der Waals surface area contributed by atoms with E-state index in [2.05, 4.69) is 13.8 Å². The predicted octanol–water partition coefficient (Wildman–Crippen LogP) is 2.92. The van der Waals surface area contributed by atoms with Crippen molar-refractivity contribution in [3.63, 3.8) is 0 Å². The normalized spacial score (nSPS) is 43.3. The number of esters is 1. The smallest absolute Gasteiger partial charge is 0.305 e. The Morgan fingerprint density at radius 1 is 1.17 bits per heavy atom. The summed E-state index contributed by atoms with van der Waals surface area (Å²) in [6, 6.07) is 0. The molecule has 3 fully saturated rings. The van der Waals surface area contributed by atoms with Crippen LogP contribution in [0.1, 0.15) is 52.4 Å². The minimum Gasteiger partial charge on any atom is -0.463 e. The minimum atomic E-state index is -0.0495. The van der Waals surface area contributed by atoms with Crippen molar-refractivity contribution in [1.29, 1.82) is 0 Å². The molecule has 3 aliphatic rings. The van der Waals surface area contributed by atoms with Gasteiger partial charge in [-0.25, -0.2) is 0 Å². The van der Waals surface area contributed by atoms with Crippen molar-refractivity contribution in [1.82, 2.24) is 0 Å². The van der Waals surface area contributed by atoms with Crippen molar-refractivity contribution in [2.45, 2.75) is 64.6 Å². The summed E-state index contributed by atoms with van der Waals surface area (Å²) in [6.45, 7) is 4.99. The molecule has 3 rings (SSSR count). The van der Waals surface area contributed by atoms with Gasteiger partial charge in [0.2, 0.25) is 0 Å². The average Bonchev–Trinajstić information content (AvgIpc) is 2.75. The van der Waals surface area contributed by atoms with E-state index in [1.165, 1.54) is 25.7 Å². The van der Waals surface area contributed by atoms with Crippen LogP contribution in [-0.4, -0.2) is 24.8 Å². The second-order valence-corrected chi connectivity index (χ2v) is 6.88. The fraction of sp³-hybridized carbons (Fsp3) is 0.933. The fourth-order valence-electron chi connectivity index (χ4n) is 4.16. The van der Waals surface area contributed by atoms with E-state index in [1.54, 1.807) is 0 Å². The maximum Gasteiger partial charge on any atom is 0.305 e. The summed E-state index contributed by atoms with van der Waals surface area (Å²) in [4.78, 5) is 11.6. The first-order valence-corrected chi connectivity index (χ1v) is 7.39. The molecule has 102 valence electrons. The molecule has 2 aliphatic heterocycles. The molecule has 2 heterocycles. The second kappa shape index (κ2) is 4.52. The standard InChI is InChI=1S/C15H24O3/c1-15(2)8-7-13(16)17-9-12-10-5-3-4-6-11(10)14(15)18-12/h10-12,14H,3-9H2,1-2H3/t10-,11+,12+,14+/m0/s1. The lowest BCUT2D eigenvalue weighted by molar-refractivity contribution is -0.147. The SMILES string of the molecule is CC1(C)CCC(=O)OC[C@H]2O[C@@H]1[C@@H]1CCCC[C@@H]12. The molecule has 0 N–H and O–H groups in total. The molecule has 1 aliphatic carbocycles. The topological polar surface area (TPSA) is 35.5 Å². The van der Waals surface area contributed by atoms with Gasteiger partial charge in [0.05, 0.1) is 12.2 Å². The molecule has 4 atom stereocenters. The number of fused-ring (bicyclic) bond motifs is 5. The third-order valence-electron chi connectivity index (χ3n) is 5.21. The number of hydrogen-bond donors (Lipinski definition) is 0. The van der Waals surface area contributed by atoms with E-state index < -0.39 is 0 Å². The maximum absolute atomic E-state index is 11.6. The largest absolute Gasteiger partial charge is 0.463 e. The summed E-state index contributed by atoms with van der Waals surface area (Å²) in [5, 5.41) is 0. The molecule has 0 aromatic heterocycles. The highest BCUT2D eigenvalue weighted by Gasteiger charge is 2.51. The molecule has 0 unspecified atom stereocenters. The van der Waals surface area contributed by atoms with E-state index in [4.69, 9.17) is 9.47 Å². The molecule has 0 spiro atoms. The number of cyclic esters (lactones) is 1. The molecule has 0 amide bonds. The van der Waals surface area contributed by atoms with E-state index >= 15 is 0 Å². The van der Waals surface area contributed by atoms with E-state index in [-0.39, 0.29) is 17.5 Å². The number of rotatable bonds is 0. The summed E-state index contributed by atoms with van der Waals surface area (Å²) in [6.07, 6.45) is 7.08. The van der Waals surface area contributed by atoms with Crippen LogP contribution in [0, 0.1) is 17.3 Å². The summed E-state index contributed by atoms with van der Waals surface area (Å²) < 4.78 is 11.7. The first kappa shape index (κ1) is 12.5. The highest BCUT2D eigenvalue weighted by molar-refractivity contribution is 5.69. The summed E-state index contributed by atoms with van der Waals surface area (Å²) >= 11 is 0. The molecule has 3 heteroatoms. The zero-order valence-corrected chi connectivity index (χ0v) is 11.5. The highest BCUT2D eigenvalue weighted by Crippen LogP contribution is 2.50. The van der Waals surface area contributed by atoms with Crippen LogP contribution < -0.4 is 0 Å². The lowest BCUT2D eigenvalue weighted by atomic mass is 9.68. The molecular weight excluding hydrogens is 228 g/mol. The number of carbonyl (C=O) groups is 1. The van der Waals surface area contributed by atoms with Crippen LogP contribution in [0.4, 0.5) is 0 Å². The molecule has 3 nitrogen and oxygen atoms in total. The number of ether oxygens (including phenoxy) is 2. The molecule has 0 radical (unpaired) electrons. The van der Waals surface area contributed by atoms with Crippen LogP contribution in [0.15, 0.2) is 0 Å². The van der Waals surface area contributed by atoms with Gasteiger partial charge >= 0.3 is 5.97 Å². The Morgan fingerprint density at radius 2 is 1.89 bits per heavy atom. The van der Waals surface area contributed by atoms with Crippen LogP contribution in [0.3, 0.4) is 0 Å². The quantitative estimate of drug-likeness (QED) is 0.622. The summed E-state index contributed by atoms with van der Waals surface area (Å²) in [5.74, 6) is 1.26. The zero-order chi connectivity index (χ0) is 12.8. The van der Waals surface area contributed by atoms with Crippen molar-refractivity contribution in [2.75, 3.05) is 6.61 Å². The van der Waals surface area contributed by atoms with Crippen molar-refractivity contribution >= 4 is 5.97 Å². The molecule has 0 aromatic carbocycles. The first-order valence-electron chi connectivity index (χ1n) is 7.39. The van der Waals surface area contributed by atoms with Crippen molar-refractivity contribution in [3.05, 3.63) is 0 Å². The zero-order valence-electron chi connectivity index (χ0n) is 11.5. The van der Waals surface area contributed by atoms with Gasteiger partial charge in [-0.15, -0.1) is 0 Å². The van der Waals surface area contributed by atoms with Crippen LogP contribution in [0.2, 0.25) is 0 Å². The van der Waals surface area contributed by atoms with Crippen molar-refractivity contribution in [2.24, 2.45) is 17.3 Å². The third kappa shape index (κ3) is 2.07. The van der Waals surface area contributed by atoms with E-state index in [0.717, 1.165) is 6.42 Å². The Balaban J connectivity index is 1.87. The minimum absolute atomic E-state index is 0.0495. The maximum atomic E-state index is 11.6. The molecule has 0 aromatic rings. The lowest BCUT2D eigenvalue weighted by Crippen LogP contribution is -2.37. The van der Waals surface area contributed by atoms with Gasteiger partial charge in [-0.2, -0.15) is 0 Å². The molecule has 1 saturated carbocycles. The van der Waals surface area contributed by atoms with Gasteiger partial charge in [-0.1, -0.05) is 26.7 Å². The Hall–Kier alpha value is -0.570. The fourth-order valence-corrected chi connectivity index (χ4v) is 4.16. The Labute approximate surface area is 109 Å². The lowest BCUT2D eigenvalue weighted by Gasteiger charge is -2.37. The number of hydrogen-bond acceptors (Lipinski definition) is 3. The van der Waals surface area contributed by atoms with Gasteiger partial charge < -0.3 is 9.47 Å². The van der Waals surface area contributed by atoms with Gasteiger partial charge in [0.15, 0.2) is 0 Å². The van der Waals surface area contributed by atoms with Crippen LogP contribution in [0.5, 0.6) is 0 Å². The Morgan fingerprint density at radius 3 is 2.67 bits per heavy atom. The van der Waals surface area contributed by atoms with E-state index in [0.29, 0.717) is 31.0 Å². The molecule has 2 saturated heterocycles. The Bertz CT molecular complexity index is 337. The molecule has 18 heavy (non-hydrogen) atoms. The molecular formula is C15H24O3. The predicted molar refractivity (Wildman–Crippen MR) is 68.1 cm³/mol. The first-order chi connectivity index (χ1) is 8.58. The Kier molecular flexibility index (Phi) is 3.13. The molecule has 2 bridgehead atoms. The van der Waals surface area contributed by atoms with Gasteiger partial charge in [0.25, 0.3) is 0 Å². The monoisotopic (exact) mass is 252 g/mol. The van der Waals surface area contributed by atoms with Crippen LogP contribution >= 0.6 is 0 Å². The third-order valence-corrected chi connectivity index (χ3v) is 5.21. The average molecular weight is 252 g/mol. The van der Waals surface area contributed by atoms with Gasteiger partial charge in [-0.3, -0.25) is 4.79 Å². The van der Waals surface area contributed by atoms with Gasteiger partial charge in [0, 0.05) is 6.42 Å². The second-order valence-electron chi connectivity index (χ2n) is 6.88. The van der Waals surface area contributed by atoms with Crippen molar-refractivity contribution < 1.29 is 14.3 Å². The van der Waals surface area contributed by atoms with E-state index in [1.807, 2.05) is 0 Å². The van der Waals surface area contributed by atoms with Crippen LogP contribution in [0.25, 0.3) is 0 Å².